The number of carbonyl (C=O) groups is 1. The molecule has 0 saturated heterocycles. The maximum Gasteiger partial charge on any atom is 0.256 e. The fourth-order valence-electron chi connectivity index (χ4n) is 1.97. The minimum atomic E-state index is -0.559. The first-order chi connectivity index (χ1) is 9.49. The van der Waals surface area contributed by atoms with Crippen molar-refractivity contribution >= 4 is 5.91 Å². The second kappa shape index (κ2) is 7.85. The summed E-state index contributed by atoms with van der Waals surface area (Å²) in [7, 11) is 1.46. The van der Waals surface area contributed by atoms with Crippen LogP contribution in [0.25, 0.3) is 0 Å². The van der Waals surface area contributed by atoms with E-state index in [0.29, 0.717) is 37.7 Å². The molecular weight excluding hydrogens is 259 g/mol. The summed E-state index contributed by atoms with van der Waals surface area (Å²) in [4.78, 5) is 14.1. The highest BCUT2D eigenvalue weighted by molar-refractivity contribution is 5.94. The molecule has 0 aromatic heterocycles. The van der Waals surface area contributed by atoms with Crippen LogP contribution in [0.15, 0.2) is 18.2 Å². The van der Waals surface area contributed by atoms with Crippen LogP contribution < -0.4 is 10.5 Å². The van der Waals surface area contributed by atoms with E-state index in [-0.39, 0.29) is 11.5 Å². The molecule has 0 heterocycles. The summed E-state index contributed by atoms with van der Waals surface area (Å²) in [5.74, 6) is -0.141. The molecule has 4 nitrogen and oxygen atoms in total. The molecule has 0 aliphatic rings. The van der Waals surface area contributed by atoms with Crippen LogP contribution in [0.5, 0.6) is 5.75 Å². The highest BCUT2D eigenvalue weighted by atomic mass is 19.1. The summed E-state index contributed by atoms with van der Waals surface area (Å²) in [6, 6.07) is 4.28. The third-order valence-corrected chi connectivity index (χ3v) is 2.91. The van der Waals surface area contributed by atoms with Gasteiger partial charge in [-0.2, -0.15) is 0 Å². The summed E-state index contributed by atoms with van der Waals surface area (Å²) in [6.07, 6.45) is 0.705. The Morgan fingerprint density at radius 3 is 2.65 bits per heavy atom. The largest absolute Gasteiger partial charge is 0.497 e. The average molecular weight is 282 g/mol. The van der Waals surface area contributed by atoms with Gasteiger partial charge in [-0.15, -0.1) is 0 Å². The molecule has 20 heavy (non-hydrogen) atoms. The van der Waals surface area contributed by atoms with Crippen molar-refractivity contribution in [2.24, 2.45) is 11.7 Å². The molecule has 5 heteroatoms. The average Bonchev–Trinajstić information content (AvgIpc) is 2.42. The van der Waals surface area contributed by atoms with Gasteiger partial charge in [0, 0.05) is 19.2 Å². The molecule has 1 amide bonds. The van der Waals surface area contributed by atoms with Crippen molar-refractivity contribution in [1.29, 1.82) is 0 Å². The van der Waals surface area contributed by atoms with Crippen molar-refractivity contribution in [1.82, 2.24) is 4.90 Å². The Hall–Kier alpha value is -1.62. The molecule has 1 aromatic rings. The summed E-state index contributed by atoms with van der Waals surface area (Å²) < 4.78 is 18.9. The van der Waals surface area contributed by atoms with Crippen molar-refractivity contribution < 1.29 is 13.9 Å². The number of nitrogens with two attached hydrogens (primary N) is 1. The van der Waals surface area contributed by atoms with E-state index in [0.717, 1.165) is 0 Å². The molecule has 112 valence electrons. The molecule has 1 rings (SSSR count). The smallest absolute Gasteiger partial charge is 0.256 e. The fraction of sp³-hybridized carbons (Fsp3) is 0.533. The van der Waals surface area contributed by atoms with Gasteiger partial charge in [0.1, 0.15) is 11.6 Å². The number of amides is 1. The van der Waals surface area contributed by atoms with Gasteiger partial charge in [-0.25, -0.2) is 4.39 Å². The number of nitrogens with zero attached hydrogens (tertiary/aromatic N) is 1. The molecule has 0 aliphatic carbocycles. The Labute approximate surface area is 119 Å². The highest BCUT2D eigenvalue weighted by Gasteiger charge is 2.20. The molecule has 1 aromatic carbocycles. The van der Waals surface area contributed by atoms with Gasteiger partial charge in [-0.3, -0.25) is 4.79 Å². The van der Waals surface area contributed by atoms with Crippen LogP contribution in [0.2, 0.25) is 0 Å². The maximum atomic E-state index is 14.0. The molecule has 0 unspecified atom stereocenters. The van der Waals surface area contributed by atoms with Crippen LogP contribution in [-0.4, -0.2) is 37.6 Å². The molecule has 0 bridgehead atoms. The summed E-state index contributed by atoms with van der Waals surface area (Å²) in [6.45, 7) is 5.68. The fourth-order valence-corrected chi connectivity index (χ4v) is 1.97. The van der Waals surface area contributed by atoms with E-state index in [2.05, 4.69) is 0 Å². The van der Waals surface area contributed by atoms with Gasteiger partial charge in [0.05, 0.1) is 12.7 Å². The zero-order chi connectivity index (χ0) is 15.1. The number of rotatable bonds is 7. The van der Waals surface area contributed by atoms with Gasteiger partial charge in [-0.1, -0.05) is 13.8 Å². The molecular formula is C15H23FN2O2. The number of ether oxygens (including phenoxy) is 1. The molecule has 2 N–H and O–H groups in total. The number of methoxy groups -OCH3 is 1. The lowest BCUT2D eigenvalue weighted by Gasteiger charge is -2.24. The minimum Gasteiger partial charge on any atom is -0.497 e. The molecule has 0 atom stereocenters. The summed E-state index contributed by atoms with van der Waals surface area (Å²) in [5.41, 5.74) is 5.56. The minimum absolute atomic E-state index is 0.0727. The zero-order valence-corrected chi connectivity index (χ0v) is 12.4. The molecule has 0 spiro atoms. The van der Waals surface area contributed by atoms with Crippen LogP contribution in [-0.2, 0) is 0 Å². The number of halogens is 1. The van der Waals surface area contributed by atoms with E-state index >= 15 is 0 Å². The van der Waals surface area contributed by atoms with Gasteiger partial charge >= 0.3 is 0 Å². The standard InChI is InChI=1S/C15H23FN2O2/c1-11(2)10-18(8-4-7-17)15(19)13-6-5-12(20-3)9-14(13)16/h5-6,9,11H,4,7-8,10,17H2,1-3H3. The topological polar surface area (TPSA) is 55.6 Å². The van der Waals surface area contributed by atoms with E-state index in [9.17, 15) is 9.18 Å². The van der Waals surface area contributed by atoms with Crippen molar-refractivity contribution in [2.45, 2.75) is 20.3 Å². The van der Waals surface area contributed by atoms with Crippen LogP contribution in [0.1, 0.15) is 30.6 Å². The molecule has 0 saturated carbocycles. The second-order valence-corrected chi connectivity index (χ2v) is 5.13. The summed E-state index contributed by atoms with van der Waals surface area (Å²) >= 11 is 0. The van der Waals surface area contributed by atoms with E-state index in [1.165, 1.54) is 19.2 Å². The number of hydrogen-bond acceptors (Lipinski definition) is 3. The van der Waals surface area contributed by atoms with Crippen LogP contribution >= 0.6 is 0 Å². The Balaban J connectivity index is 2.92. The number of benzene rings is 1. The predicted octanol–water partition coefficient (Wildman–Crippen LogP) is 2.28. The highest BCUT2D eigenvalue weighted by Crippen LogP contribution is 2.18. The predicted molar refractivity (Wildman–Crippen MR) is 77.4 cm³/mol. The first-order valence-electron chi connectivity index (χ1n) is 6.82. The SMILES string of the molecule is COc1ccc(C(=O)N(CCCN)CC(C)C)c(F)c1. The summed E-state index contributed by atoms with van der Waals surface area (Å²) in [5, 5.41) is 0. The van der Waals surface area contributed by atoms with Crippen LogP contribution in [0.3, 0.4) is 0 Å². The molecule has 0 radical (unpaired) electrons. The second-order valence-electron chi connectivity index (χ2n) is 5.13. The van der Waals surface area contributed by atoms with Crippen molar-refractivity contribution in [3.8, 4) is 5.75 Å². The quantitative estimate of drug-likeness (QED) is 0.834. The van der Waals surface area contributed by atoms with Gasteiger partial charge in [0.2, 0.25) is 0 Å². The maximum absolute atomic E-state index is 14.0. The lowest BCUT2D eigenvalue weighted by Crippen LogP contribution is -2.36. The Morgan fingerprint density at radius 1 is 1.45 bits per heavy atom. The van der Waals surface area contributed by atoms with Crippen LogP contribution in [0, 0.1) is 11.7 Å². The molecule has 0 fully saturated rings. The van der Waals surface area contributed by atoms with E-state index < -0.39 is 5.82 Å². The van der Waals surface area contributed by atoms with Crippen molar-refractivity contribution in [3.05, 3.63) is 29.6 Å². The zero-order valence-electron chi connectivity index (χ0n) is 12.4. The van der Waals surface area contributed by atoms with E-state index in [1.807, 2.05) is 13.8 Å². The third kappa shape index (κ3) is 4.49. The van der Waals surface area contributed by atoms with Crippen molar-refractivity contribution in [3.63, 3.8) is 0 Å². The van der Waals surface area contributed by atoms with Gasteiger partial charge in [-0.05, 0) is 31.0 Å². The first-order valence-corrected chi connectivity index (χ1v) is 6.82. The van der Waals surface area contributed by atoms with Crippen molar-refractivity contribution in [2.75, 3.05) is 26.7 Å². The van der Waals surface area contributed by atoms with E-state index in [1.54, 1.807) is 11.0 Å². The van der Waals surface area contributed by atoms with Gasteiger partial charge in [0.15, 0.2) is 0 Å². The van der Waals surface area contributed by atoms with E-state index in [4.69, 9.17) is 10.5 Å². The normalized spacial score (nSPS) is 10.7. The van der Waals surface area contributed by atoms with Gasteiger partial charge < -0.3 is 15.4 Å². The Morgan fingerprint density at radius 2 is 2.15 bits per heavy atom. The Bertz CT molecular complexity index is 449. The lowest BCUT2D eigenvalue weighted by molar-refractivity contribution is 0.0730. The monoisotopic (exact) mass is 282 g/mol. The third-order valence-electron chi connectivity index (χ3n) is 2.91. The Kier molecular flexibility index (Phi) is 6.45. The van der Waals surface area contributed by atoms with Gasteiger partial charge in [0.25, 0.3) is 5.91 Å². The number of hydrogen-bond donors (Lipinski definition) is 1. The van der Waals surface area contributed by atoms with Crippen LogP contribution in [0.4, 0.5) is 4.39 Å². The lowest BCUT2D eigenvalue weighted by atomic mass is 10.1. The number of carbonyl (C=O) groups excluding carboxylic acids is 1. The first kappa shape index (κ1) is 16.4. The molecule has 0 aliphatic heterocycles.